The summed E-state index contributed by atoms with van der Waals surface area (Å²) in [6.45, 7) is 1.22. The summed E-state index contributed by atoms with van der Waals surface area (Å²) in [6, 6.07) is 3.74. The lowest BCUT2D eigenvalue weighted by molar-refractivity contribution is 0.0600. The number of hydrogen-bond donors (Lipinski definition) is 1. The van der Waals surface area contributed by atoms with Gasteiger partial charge in [-0.1, -0.05) is 0 Å². The fourth-order valence-corrected chi connectivity index (χ4v) is 4.91. The smallest absolute Gasteiger partial charge is 0.337 e. The highest BCUT2D eigenvalue weighted by Gasteiger charge is 2.38. The van der Waals surface area contributed by atoms with Gasteiger partial charge in [-0.15, -0.1) is 12.4 Å². The van der Waals surface area contributed by atoms with Crippen LogP contribution in [0.2, 0.25) is 0 Å². The molecule has 1 aliphatic rings. The van der Waals surface area contributed by atoms with E-state index in [0.717, 1.165) is 0 Å². The van der Waals surface area contributed by atoms with Gasteiger partial charge in [-0.25, -0.2) is 18.2 Å². The van der Waals surface area contributed by atoms with Gasteiger partial charge in [0.25, 0.3) is 0 Å². The van der Waals surface area contributed by atoms with E-state index in [9.17, 15) is 13.2 Å². The van der Waals surface area contributed by atoms with Crippen molar-refractivity contribution in [3.05, 3.63) is 42.0 Å². The second-order valence-electron chi connectivity index (χ2n) is 6.09. The van der Waals surface area contributed by atoms with Gasteiger partial charge in [0.05, 0.1) is 25.8 Å². The molecule has 1 unspecified atom stereocenters. The maximum absolute atomic E-state index is 13.5. The Labute approximate surface area is 170 Å². The van der Waals surface area contributed by atoms with Gasteiger partial charge in [0, 0.05) is 39.1 Å². The number of carbonyl (C=O) groups is 1. The number of sulfonamides is 1. The first-order valence-electron chi connectivity index (χ1n) is 8.36. The van der Waals surface area contributed by atoms with E-state index in [4.69, 9.17) is 9.47 Å². The molecule has 0 aliphatic carbocycles. The van der Waals surface area contributed by atoms with Gasteiger partial charge in [0.2, 0.25) is 10.0 Å². The summed E-state index contributed by atoms with van der Waals surface area (Å²) < 4.78 is 40.1. The first-order chi connectivity index (χ1) is 12.9. The standard InChI is InChI=1S/C17H22N4O5S.ClH/c1-20-8-7-19-16(20)13-11-18-6-9-21(13)27(23,24)15-10-12(17(22)26-3)4-5-14(15)25-2;/h4-5,7-8,10,13,18H,6,9,11H2,1-3H3;1H. The molecule has 28 heavy (non-hydrogen) atoms. The van der Waals surface area contributed by atoms with E-state index in [0.29, 0.717) is 18.9 Å². The molecule has 0 radical (unpaired) electrons. The van der Waals surface area contributed by atoms with E-state index in [-0.39, 0.29) is 35.2 Å². The van der Waals surface area contributed by atoms with Crippen molar-refractivity contribution in [1.82, 2.24) is 19.2 Å². The SMILES string of the molecule is COC(=O)c1ccc(OC)c(S(=O)(=O)N2CCNCC2c2nccn2C)c1.Cl. The zero-order valence-corrected chi connectivity index (χ0v) is 17.4. The molecule has 1 aromatic heterocycles. The van der Waals surface area contributed by atoms with E-state index in [2.05, 4.69) is 10.3 Å². The number of nitrogens with zero attached hydrogens (tertiary/aromatic N) is 3. The van der Waals surface area contributed by atoms with Crippen molar-refractivity contribution in [2.45, 2.75) is 10.9 Å². The van der Waals surface area contributed by atoms with Crippen molar-refractivity contribution in [2.75, 3.05) is 33.9 Å². The second kappa shape index (κ2) is 8.91. The van der Waals surface area contributed by atoms with Gasteiger partial charge >= 0.3 is 5.97 Å². The minimum absolute atomic E-state index is 0. The van der Waals surface area contributed by atoms with Crippen LogP contribution in [-0.2, 0) is 21.8 Å². The van der Waals surface area contributed by atoms with Crippen LogP contribution >= 0.6 is 12.4 Å². The van der Waals surface area contributed by atoms with Crippen molar-refractivity contribution >= 4 is 28.4 Å². The number of imidazole rings is 1. The number of methoxy groups -OCH3 is 2. The molecule has 1 atom stereocenters. The number of aromatic nitrogens is 2. The highest BCUT2D eigenvalue weighted by Crippen LogP contribution is 2.33. The molecule has 1 aliphatic heterocycles. The Morgan fingerprint density at radius 2 is 2.07 bits per heavy atom. The Morgan fingerprint density at radius 1 is 1.32 bits per heavy atom. The van der Waals surface area contributed by atoms with Crippen molar-refractivity contribution in [1.29, 1.82) is 0 Å². The minimum Gasteiger partial charge on any atom is -0.495 e. The molecule has 0 saturated carbocycles. The number of piperazine rings is 1. The van der Waals surface area contributed by atoms with E-state index >= 15 is 0 Å². The summed E-state index contributed by atoms with van der Waals surface area (Å²) in [5.41, 5.74) is 0.139. The fourth-order valence-electron chi connectivity index (χ4n) is 3.14. The normalized spacial score (nSPS) is 17.6. The van der Waals surface area contributed by atoms with Crippen LogP contribution in [-0.4, -0.2) is 62.1 Å². The molecule has 1 saturated heterocycles. The summed E-state index contributed by atoms with van der Waals surface area (Å²) in [5, 5.41) is 3.21. The van der Waals surface area contributed by atoms with Crippen LogP contribution in [0, 0.1) is 0 Å². The van der Waals surface area contributed by atoms with E-state index in [1.807, 2.05) is 7.05 Å². The number of rotatable bonds is 5. The maximum Gasteiger partial charge on any atom is 0.337 e. The van der Waals surface area contributed by atoms with Gasteiger partial charge in [-0.3, -0.25) is 0 Å². The lowest BCUT2D eigenvalue weighted by atomic mass is 10.2. The summed E-state index contributed by atoms with van der Waals surface area (Å²) in [4.78, 5) is 16.1. The lowest BCUT2D eigenvalue weighted by Gasteiger charge is -2.35. The number of nitrogens with one attached hydrogen (secondary N) is 1. The average molecular weight is 431 g/mol. The largest absolute Gasteiger partial charge is 0.495 e. The number of hydrogen-bond acceptors (Lipinski definition) is 7. The zero-order chi connectivity index (χ0) is 19.6. The molecular weight excluding hydrogens is 408 g/mol. The van der Waals surface area contributed by atoms with Gasteiger partial charge in [0.15, 0.2) is 0 Å². The molecule has 0 amide bonds. The highest BCUT2D eigenvalue weighted by molar-refractivity contribution is 7.89. The van der Waals surface area contributed by atoms with Gasteiger partial charge in [-0.2, -0.15) is 4.31 Å². The molecule has 1 aromatic carbocycles. The van der Waals surface area contributed by atoms with Gasteiger partial charge < -0.3 is 19.4 Å². The van der Waals surface area contributed by atoms with Crippen molar-refractivity contribution in [2.24, 2.45) is 7.05 Å². The molecule has 2 heterocycles. The van der Waals surface area contributed by atoms with Crippen LogP contribution in [0.1, 0.15) is 22.2 Å². The maximum atomic E-state index is 13.5. The predicted molar refractivity (Wildman–Crippen MR) is 104 cm³/mol. The van der Waals surface area contributed by atoms with E-state index in [1.54, 1.807) is 17.0 Å². The van der Waals surface area contributed by atoms with E-state index < -0.39 is 22.0 Å². The Hall–Kier alpha value is -2.14. The first-order valence-corrected chi connectivity index (χ1v) is 9.80. The molecule has 3 rings (SSSR count). The van der Waals surface area contributed by atoms with Crippen LogP contribution in [0.3, 0.4) is 0 Å². The number of carbonyl (C=O) groups excluding carboxylic acids is 1. The fraction of sp³-hybridized carbons (Fsp3) is 0.412. The number of esters is 1. The molecule has 1 fully saturated rings. The van der Waals surface area contributed by atoms with Crippen molar-refractivity contribution in [3.63, 3.8) is 0 Å². The zero-order valence-electron chi connectivity index (χ0n) is 15.8. The van der Waals surface area contributed by atoms with E-state index in [1.165, 1.54) is 36.7 Å². The van der Waals surface area contributed by atoms with Crippen LogP contribution in [0.5, 0.6) is 5.75 Å². The van der Waals surface area contributed by atoms with Crippen molar-refractivity contribution < 1.29 is 22.7 Å². The summed E-state index contributed by atoms with van der Waals surface area (Å²) in [6.07, 6.45) is 3.40. The molecule has 1 N–H and O–H groups in total. The van der Waals surface area contributed by atoms with Crippen molar-refractivity contribution in [3.8, 4) is 5.75 Å². The molecule has 154 valence electrons. The van der Waals surface area contributed by atoms with Gasteiger partial charge in [0.1, 0.15) is 16.5 Å². The Morgan fingerprint density at radius 3 is 2.68 bits per heavy atom. The lowest BCUT2D eigenvalue weighted by Crippen LogP contribution is -2.49. The molecule has 2 aromatic rings. The van der Waals surface area contributed by atoms with Crippen LogP contribution in [0.15, 0.2) is 35.5 Å². The number of ether oxygens (including phenoxy) is 2. The number of benzene rings is 1. The third kappa shape index (κ3) is 4.00. The molecule has 9 nitrogen and oxygen atoms in total. The number of halogens is 1. The predicted octanol–water partition coefficient (Wildman–Crippen LogP) is 0.972. The van der Waals surface area contributed by atoms with Crippen LogP contribution in [0.4, 0.5) is 0 Å². The molecular formula is C17H23ClN4O5S. The molecule has 11 heteroatoms. The third-order valence-corrected chi connectivity index (χ3v) is 6.45. The van der Waals surface area contributed by atoms with Crippen LogP contribution < -0.4 is 10.1 Å². The minimum atomic E-state index is -3.95. The first kappa shape index (κ1) is 22.2. The van der Waals surface area contributed by atoms with Crippen LogP contribution in [0.25, 0.3) is 0 Å². The second-order valence-corrected chi connectivity index (χ2v) is 7.95. The Bertz CT molecular complexity index is 947. The summed E-state index contributed by atoms with van der Waals surface area (Å²) >= 11 is 0. The quantitative estimate of drug-likeness (QED) is 0.705. The molecule has 0 bridgehead atoms. The Balaban J connectivity index is 0.00000280. The molecule has 0 spiro atoms. The monoisotopic (exact) mass is 430 g/mol. The highest BCUT2D eigenvalue weighted by atomic mass is 35.5. The average Bonchev–Trinajstić information content (AvgIpc) is 3.12. The summed E-state index contributed by atoms with van der Waals surface area (Å²) in [7, 11) is 0.499. The topological polar surface area (TPSA) is 103 Å². The number of aryl methyl sites for hydroxylation is 1. The Kier molecular flexibility index (Phi) is 7.05. The van der Waals surface area contributed by atoms with Gasteiger partial charge in [-0.05, 0) is 18.2 Å². The third-order valence-electron chi connectivity index (χ3n) is 4.52. The summed E-state index contributed by atoms with van der Waals surface area (Å²) in [5.74, 6) is 0.184.